The third kappa shape index (κ3) is 4.82. The zero-order valence-electron chi connectivity index (χ0n) is 14.0. The predicted molar refractivity (Wildman–Crippen MR) is 91.5 cm³/mol. The van der Waals surface area contributed by atoms with Crippen molar-refractivity contribution >= 4 is 0 Å². The zero-order chi connectivity index (χ0) is 15.1. The van der Waals surface area contributed by atoms with Crippen molar-refractivity contribution in [2.24, 2.45) is 5.92 Å². The molecule has 1 aliphatic rings. The van der Waals surface area contributed by atoms with Crippen LogP contribution in [0.15, 0.2) is 30.3 Å². The summed E-state index contributed by atoms with van der Waals surface area (Å²) in [5, 5.41) is 3.67. The van der Waals surface area contributed by atoms with E-state index in [0.717, 1.165) is 0 Å². The monoisotopic (exact) mass is 288 g/mol. The van der Waals surface area contributed by atoms with Crippen LogP contribution in [0.1, 0.15) is 58.1 Å². The van der Waals surface area contributed by atoms with Crippen molar-refractivity contribution in [3.8, 4) is 0 Å². The number of hydrogen-bond donors (Lipinski definition) is 1. The summed E-state index contributed by atoms with van der Waals surface area (Å²) in [6, 6.07) is 12.3. The zero-order valence-corrected chi connectivity index (χ0v) is 14.0. The third-order valence-corrected chi connectivity index (χ3v) is 4.58. The van der Waals surface area contributed by atoms with Gasteiger partial charge in [0.15, 0.2) is 0 Å². The Morgan fingerprint density at radius 3 is 2.57 bits per heavy atom. The van der Waals surface area contributed by atoms with Gasteiger partial charge in [-0.25, -0.2) is 0 Å². The standard InChI is InChI=1S/C19H32N2/c1-4-5-14-21(15-18-12-9-13-20-18)19(16(2)3)17-10-7-6-8-11-17/h6-8,10-11,16,18-20H,4-5,9,12-15H2,1-3H3. The molecule has 2 atom stereocenters. The molecule has 21 heavy (non-hydrogen) atoms. The molecule has 0 amide bonds. The summed E-state index contributed by atoms with van der Waals surface area (Å²) in [5.74, 6) is 0.644. The summed E-state index contributed by atoms with van der Waals surface area (Å²) in [4.78, 5) is 2.73. The largest absolute Gasteiger partial charge is 0.313 e. The minimum absolute atomic E-state index is 0.542. The molecule has 1 fully saturated rings. The molecular weight excluding hydrogens is 256 g/mol. The van der Waals surface area contributed by atoms with Crippen LogP contribution in [0.25, 0.3) is 0 Å². The highest BCUT2D eigenvalue weighted by molar-refractivity contribution is 5.19. The first kappa shape index (κ1) is 16.5. The normalized spacial score (nSPS) is 20.3. The van der Waals surface area contributed by atoms with Crippen molar-refractivity contribution in [2.45, 2.75) is 58.5 Å². The molecule has 0 bridgehead atoms. The lowest BCUT2D eigenvalue weighted by Gasteiger charge is -2.36. The van der Waals surface area contributed by atoms with Gasteiger partial charge in [0, 0.05) is 18.6 Å². The topological polar surface area (TPSA) is 15.3 Å². The van der Waals surface area contributed by atoms with Crippen LogP contribution in [0.4, 0.5) is 0 Å². The van der Waals surface area contributed by atoms with E-state index < -0.39 is 0 Å². The molecule has 1 aromatic rings. The molecule has 2 heteroatoms. The van der Waals surface area contributed by atoms with E-state index in [1.165, 1.54) is 50.9 Å². The van der Waals surface area contributed by atoms with Crippen LogP contribution in [0.3, 0.4) is 0 Å². The minimum atomic E-state index is 0.542. The molecule has 1 heterocycles. The molecule has 0 aromatic heterocycles. The number of nitrogens with one attached hydrogen (secondary N) is 1. The number of nitrogens with zero attached hydrogens (tertiary/aromatic N) is 1. The van der Waals surface area contributed by atoms with Crippen LogP contribution < -0.4 is 5.32 Å². The van der Waals surface area contributed by atoms with E-state index in [0.29, 0.717) is 18.0 Å². The average molecular weight is 288 g/mol. The van der Waals surface area contributed by atoms with Gasteiger partial charge < -0.3 is 5.32 Å². The Morgan fingerprint density at radius 1 is 1.24 bits per heavy atom. The first-order valence-corrected chi connectivity index (χ1v) is 8.74. The van der Waals surface area contributed by atoms with Crippen LogP contribution in [0.2, 0.25) is 0 Å². The van der Waals surface area contributed by atoms with Gasteiger partial charge in [-0.3, -0.25) is 4.90 Å². The fraction of sp³-hybridized carbons (Fsp3) is 0.684. The molecule has 118 valence electrons. The second-order valence-corrected chi connectivity index (χ2v) is 6.74. The van der Waals surface area contributed by atoms with Gasteiger partial charge in [-0.1, -0.05) is 57.5 Å². The van der Waals surface area contributed by atoms with E-state index in [-0.39, 0.29) is 0 Å². The Labute approximate surface area is 130 Å². The van der Waals surface area contributed by atoms with Crippen molar-refractivity contribution in [2.75, 3.05) is 19.6 Å². The van der Waals surface area contributed by atoms with Crippen LogP contribution in [0.5, 0.6) is 0 Å². The average Bonchev–Trinajstić information content (AvgIpc) is 2.98. The molecule has 2 nitrogen and oxygen atoms in total. The summed E-state index contributed by atoms with van der Waals surface area (Å²) in [7, 11) is 0. The molecule has 2 rings (SSSR count). The lowest BCUT2D eigenvalue weighted by atomic mass is 9.93. The highest BCUT2D eigenvalue weighted by Crippen LogP contribution is 2.29. The Kier molecular flexibility index (Phi) is 6.72. The van der Waals surface area contributed by atoms with Gasteiger partial charge in [-0.05, 0) is 43.8 Å². The van der Waals surface area contributed by atoms with E-state index in [9.17, 15) is 0 Å². The first-order valence-electron chi connectivity index (χ1n) is 8.74. The molecule has 1 aromatic carbocycles. The number of hydrogen-bond acceptors (Lipinski definition) is 2. The number of benzene rings is 1. The van der Waals surface area contributed by atoms with E-state index in [1.54, 1.807) is 0 Å². The summed E-state index contributed by atoms with van der Waals surface area (Å²) in [6.07, 6.45) is 5.24. The van der Waals surface area contributed by atoms with Gasteiger partial charge in [0.1, 0.15) is 0 Å². The van der Waals surface area contributed by atoms with Crippen molar-refractivity contribution < 1.29 is 0 Å². The van der Waals surface area contributed by atoms with Crippen molar-refractivity contribution in [3.05, 3.63) is 35.9 Å². The summed E-state index contributed by atoms with van der Waals surface area (Å²) >= 11 is 0. The highest BCUT2D eigenvalue weighted by atomic mass is 15.2. The summed E-state index contributed by atoms with van der Waals surface area (Å²) in [6.45, 7) is 10.6. The number of rotatable bonds is 8. The predicted octanol–water partition coefficient (Wildman–Crippen LogP) is 4.24. The lowest BCUT2D eigenvalue weighted by molar-refractivity contribution is 0.140. The van der Waals surface area contributed by atoms with E-state index >= 15 is 0 Å². The third-order valence-electron chi connectivity index (χ3n) is 4.58. The molecule has 1 aliphatic heterocycles. The van der Waals surface area contributed by atoms with E-state index in [4.69, 9.17) is 0 Å². The smallest absolute Gasteiger partial charge is 0.0371 e. The SMILES string of the molecule is CCCCN(CC1CCCN1)C(c1ccccc1)C(C)C. The quantitative estimate of drug-likeness (QED) is 0.770. The Morgan fingerprint density at radius 2 is 2.00 bits per heavy atom. The maximum Gasteiger partial charge on any atom is 0.0371 e. The van der Waals surface area contributed by atoms with Gasteiger partial charge in [-0.15, -0.1) is 0 Å². The van der Waals surface area contributed by atoms with Gasteiger partial charge in [0.2, 0.25) is 0 Å². The first-order chi connectivity index (χ1) is 10.2. The van der Waals surface area contributed by atoms with Crippen LogP contribution >= 0.6 is 0 Å². The van der Waals surface area contributed by atoms with Crippen LogP contribution in [0, 0.1) is 5.92 Å². The van der Waals surface area contributed by atoms with Crippen LogP contribution in [-0.2, 0) is 0 Å². The maximum atomic E-state index is 3.67. The van der Waals surface area contributed by atoms with Gasteiger partial charge >= 0.3 is 0 Å². The fourth-order valence-electron chi connectivity index (χ4n) is 3.57. The van der Waals surface area contributed by atoms with Crippen molar-refractivity contribution in [1.82, 2.24) is 10.2 Å². The summed E-state index contributed by atoms with van der Waals surface area (Å²) < 4.78 is 0. The summed E-state index contributed by atoms with van der Waals surface area (Å²) in [5.41, 5.74) is 1.47. The van der Waals surface area contributed by atoms with E-state index in [2.05, 4.69) is 61.3 Å². The molecule has 0 aliphatic carbocycles. The second-order valence-electron chi connectivity index (χ2n) is 6.74. The Bertz CT molecular complexity index is 382. The molecule has 0 saturated carbocycles. The van der Waals surface area contributed by atoms with Gasteiger partial charge in [0.25, 0.3) is 0 Å². The van der Waals surface area contributed by atoms with E-state index in [1.807, 2.05) is 0 Å². The number of unbranched alkanes of at least 4 members (excludes halogenated alkanes) is 1. The molecule has 1 N–H and O–H groups in total. The molecular formula is C19H32N2. The Balaban J connectivity index is 2.13. The van der Waals surface area contributed by atoms with Crippen molar-refractivity contribution in [3.63, 3.8) is 0 Å². The highest BCUT2D eigenvalue weighted by Gasteiger charge is 2.26. The van der Waals surface area contributed by atoms with Crippen LogP contribution in [-0.4, -0.2) is 30.6 Å². The minimum Gasteiger partial charge on any atom is -0.313 e. The van der Waals surface area contributed by atoms with Crippen molar-refractivity contribution in [1.29, 1.82) is 0 Å². The second kappa shape index (κ2) is 8.55. The Hall–Kier alpha value is -0.860. The molecule has 0 radical (unpaired) electrons. The fourth-order valence-corrected chi connectivity index (χ4v) is 3.57. The molecule has 2 unspecified atom stereocenters. The maximum absolute atomic E-state index is 3.67. The van der Waals surface area contributed by atoms with Gasteiger partial charge in [-0.2, -0.15) is 0 Å². The molecule has 1 saturated heterocycles. The lowest BCUT2D eigenvalue weighted by Crippen LogP contribution is -2.41. The molecule has 0 spiro atoms. The van der Waals surface area contributed by atoms with Gasteiger partial charge in [0.05, 0.1) is 0 Å².